The molecule has 0 atom stereocenters. The van der Waals surface area contributed by atoms with Crippen molar-refractivity contribution in [3.63, 3.8) is 0 Å². The third kappa shape index (κ3) is 5.81. The van der Waals surface area contributed by atoms with Gasteiger partial charge in [0.05, 0.1) is 24.5 Å². The standard InChI is InChI=1S/C21H15F3N2O4/c22-21(23,24)16-4-1-3-15(11-16)12-19(27)26-25-13-14-6-8-17(9-7-14)30-20(28)18-5-2-10-29-18/h1-11,13H,12H2,(H,26,27)/b25-13+. The number of halogens is 3. The van der Waals surface area contributed by atoms with E-state index in [0.29, 0.717) is 11.3 Å². The van der Waals surface area contributed by atoms with Crippen molar-refractivity contribution in [3.05, 3.63) is 89.4 Å². The van der Waals surface area contributed by atoms with E-state index in [-0.39, 0.29) is 17.7 Å². The molecule has 0 saturated heterocycles. The molecule has 1 heterocycles. The van der Waals surface area contributed by atoms with E-state index in [1.54, 1.807) is 18.2 Å². The van der Waals surface area contributed by atoms with E-state index in [1.165, 1.54) is 42.8 Å². The Kier molecular flexibility index (Phi) is 6.31. The SMILES string of the molecule is O=C(Cc1cccc(C(F)(F)F)c1)N/N=C/c1ccc(OC(=O)c2ccco2)cc1. The minimum atomic E-state index is -4.47. The first-order chi connectivity index (χ1) is 14.3. The van der Waals surface area contributed by atoms with E-state index in [2.05, 4.69) is 10.5 Å². The van der Waals surface area contributed by atoms with Crippen LogP contribution in [0.5, 0.6) is 5.75 Å². The summed E-state index contributed by atoms with van der Waals surface area (Å²) in [4.78, 5) is 23.7. The van der Waals surface area contributed by atoms with Crippen molar-refractivity contribution in [1.82, 2.24) is 5.43 Å². The molecule has 1 N–H and O–H groups in total. The summed E-state index contributed by atoms with van der Waals surface area (Å²) in [7, 11) is 0. The van der Waals surface area contributed by atoms with Gasteiger partial charge in [-0.25, -0.2) is 10.2 Å². The molecule has 3 aromatic rings. The normalized spacial score (nSPS) is 11.4. The third-order valence-electron chi connectivity index (χ3n) is 3.83. The van der Waals surface area contributed by atoms with Crippen molar-refractivity contribution in [2.45, 2.75) is 12.6 Å². The molecule has 0 saturated carbocycles. The number of hydrazone groups is 1. The van der Waals surface area contributed by atoms with Crippen LogP contribution in [0.4, 0.5) is 13.2 Å². The number of carbonyl (C=O) groups is 2. The number of esters is 1. The van der Waals surface area contributed by atoms with Crippen LogP contribution in [0.2, 0.25) is 0 Å². The largest absolute Gasteiger partial charge is 0.457 e. The summed E-state index contributed by atoms with van der Waals surface area (Å²) in [6.45, 7) is 0. The molecular weight excluding hydrogens is 401 g/mol. The molecule has 1 amide bonds. The summed E-state index contributed by atoms with van der Waals surface area (Å²) in [5, 5.41) is 3.77. The molecule has 0 aliphatic heterocycles. The lowest BCUT2D eigenvalue weighted by Crippen LogP contribution is -2.20. The highest BCUT2D eigenvalue weighted by Gasteiger charge is 2.30. The highest BCUT2D eigenvalue weighted by molar-refractivity contribution is 5.88. The number of hydrogen-bond donors (Lipinski definition) is 1. The highest BCUT2D eigenvalue weighted by Crippen LogP contribution is 2.29. The van der Waals surface area contributed by atoms with Crippen molar-refractivity contribution >= 4 is 18.1 Å². The zero-order chi connectivity index (χ0) is 21.6. The number of nitrogens with zero attached hydrogens (tertiary/aromatic N) is 1. The second-order valence-corrected chi connectivity index (χ2v) is 6.10. The number of benzene rings is 2. The van der Waals surface area contributed by atoms with Gasteiger partial charge in [0.2, 0.25) is 11.7 Å². The third-order valence-corrected chi connectivity index (χ3v) is 3.83. The Bertz CT molecular complexity index is 1040. The highest BCUT2D eigenvalue weighted by atomic mass is 19.4. The van der Waals surface area contributed by atoms with Gasteiger partial charge in [-0.2, -0.15) is 18.3 Å². The molecule has 0 fully saturated rings. The maximum absolute atomic E-state index is 12.7. The van der Waals surface area contributed by atoms with E-state index in [1.807, 2.05) is 0 Å². The maximum Gasteiger partial charge on any atom is 0.416 e. The number of nitrogens with one attached hydrogen (secondary N) is 1. The second kappa shape index (κ2) is 9.08. The average molecular weight is 416 g/mol. The number of alkyl halides is 3. The summed E-state index contributed by atoms with van der Waals surface area (Å²) >= 11 is 0. The summed E-state index contributed by atoms with van der Waals surface area (Å²) < 4.78 is 48.2. The van der Waals surface area contributed by atoms with Gasteiger partial charge in [-0.05, 0) is 53.6 Å². The van der Waals surface area contributed by atoms with Crippen LogP contribution in [0.1, 0.15) is 27.2 Å². The van der Waals surface area contributed by atoms with Crippen LogP contribution in [-0.2, 0) is 17.4 Å². The molecular formula is C21H15F3N2O4. The lowest BCUT2D eigenvalue weighted by molar-refractivity contribution is -0.137. The Morgan fingerprint density at radius 2 is 1.83 bits per heavy atom. The number of furan rings is 1. The summed E-state index contributed by atoms with van der Waals surface area (Å²) in [6.07, 6.45) is -2.01. The molecule has 0 aliphatic rings. The number of ether oxygens (including phenoxy) is 1. The topological polar surface area (TPSA) is 80.9 Å². The molecule has 0 unspecified atom stereocenters. The molecule has 3 rings (SSSR count). The summed E-state index contributed by atoms with van der Waals surface area (Å²) in [6, 6.07) is 13.9. The molecule has 6 nitrogen and oxygen atoms in total. The Balaban J connectivity index is 1.51. The number of rotatable bonds is 6. The lowest BCUT2D eigenvalue weighted by Gasteiger charge is -2.08. The van der Waals surface area contributed by atoms with Gasteiger partial charge in [-0.1, -0.05) is 18.2 Å². The average Bonchev–Trinajstić information content (AvgIpc) is 3.24. The molecule has 0 bridgehead atoms. The minimum Gasteiger partial charge on any atom is -0.457 e. The van der Waals surface area contributed by atoms with Crippen LogP contribution in [0.25, 0.3) is 0 Å². The zero-order valence-electron chi connectivity index (χ0n) is 15.3. The number of carbonyl (C=O) groups excluding carboxylic acids is 2. The van der Waals surface area contributed by atoms with Crippen molar-refractivity contribution < 1.29 is 31.9 Å². The first kappa shape index (κ1) is 20.8. The smallest absolute Gasteiger partial charge is 0.416 e. The zero-order valence-corrected chi connectivity index (χ0v) is 15.3. The summed E-state index contributed by atoms with van der Waals surface area (Å²) in [5.41, 5.74) is 2.27. The van der Waals surface area contributed by atoms with Gasteiger partial charge < -0.3 is 9.15 Å². The van der Waals surface area contributed by atoms with E-state index in [4.69, 9.17) is 9.15 Å². The van der Waals surface area contributed by atoms with Gasteiger partial charge in [0.1, 0.15) is 5.75 Å². The minimum absolute atomic E-state index is 0.0733. The molecule has 9 heteroatoms. The molecule has 1 aromatic heterocycles. The van der Waals surface area contributed by atoms with Gasteiger partial charge in [0, 0.05) is 0 Å². The van der Waals surface area contributed by atoms with Crippen molar-refractivity contribution in [3.8, 4) is 5.75 Å². The molecule has 2 aromatic carbocycles. The van der Waals surface area contributed by atoms with E-state index in [0.717, 1.165) is 12.1 Å². The predicted molar refractivity (Wildman–Crippen MR) is 101 cm³/mol. The van der Waals surface area contributed by atoms with Crippen LogP contribution in [-0.4, -0.2) is 18.1 Å². The van der Waals surface area contributed by atoms with Gasteiger partial charge in [-0.15, -0.1) is 0 Å². The van der Waals surface area contributed by atoms with Crippen LogP contribution in [0.3, 0.4) is 0 Å². The molecule has 0 radical (unpaired) electrons. The fourth-order valence-electron chi connectivity index (χ4n) is 2.44. The van der Waals surface area contributed by atoms with Crippen molar-refractivity contribution in [2.24, 2.45) is 5.10 Å². The van der Waals surface area contributed by atoms with Crippen LogP contribution in [0, 0.1) is 0 Å². The Hall–Kier alpha value is -3.88. The Morgan fingerprint density at radius 1 is 1.07 bits per heavy atom. The quantitative estimate of drug-likeness (QED) is 0.283. The second-order valence-electron chi connectivity index (χ2n) is 6.10. The number of amides is 1. The van der Waals surface area contributed by atoms with E-state index < -0.39 is 23.6 Å². The van der Waals surface area contributed by atoms with Crippen molar-refractivity contribution in [2.75, 3.05) is 0 Å². The van der Waals surface area contributed by atoms with Gasteiger partial charge >= 0.3 is 12.1 Å². The number of hydrogen-bond acceptors (Lipinski definition) is 5. The van der Waals surface area contributed by atoms with Gasteiger partial charge in [0.15, 0.2) is 0 Å². The monoisotopic (exact) mass is 416 g/mol. The van der Waals surface area contributed by atoms with Crippen molar-refractivity contribution in [1.29, 1.82) is 0 Å². The molecule has 30 heavy (non-hydrogen) atoms. The molecule has 0 spiro atoms. The fraction of sp³-hybridized carbons (Fsp3) is 0.0952. The maximum atomic E-state index is 12.7. The fourth-order valence-corrected chi connectivity index (χ4v) is 2.44. The molecule has 154 valence electrons. The Morgan fingerprint density at radius 3 is 2.50 bits per heavy atom. The first-order valence-electron chi connectivity index (χ1n) is 8.65. The van der Waals surface area contributed by atoms with Crippen LogP contribution in [0.15, 0.2) is 76.4 Å². The molecule has 0 aliphatic carbocycles. The first-order valence-corrected chi connectivity index (χ1v) is 8.65. The van der Waals surface area contributed by atoms with Crippen LogP contribution >= 0.6 is 0 Å². The Labute approximate surface area is 169 Å². The van der Waals surface area contributed by atoms with E-state index >= 15 is 0 Å². The van der Waals surface area contributed by atoms with Crippen LogP contribution < -0.4 is 10.2 Å². The predicted octanol–water partition coefficient (Wildman–Crippen LogP) is 4.21. The van der Waals surface area contributed by atoms with Gasteiger partial charge in [0.25, 0.3) is 0 Å². The lowest BCUT2D eigenvalue weighted by atomic mass is 10.1. The van der Waals surface area contributed by atoms with Gasteiger partial charge in [-0.3, -0.25) is 4.79 Å². The summed E-state index contributed by atoms with van der Waals surface area (Å²) in [5.74, 6) is -0.830. The van der Waals surface area contributed by atoms with E-state index in [9.17, 15) is 22.8 Å².